The minimum atomic E-state index is -0.736. The van der Waals surface area contributed by atoms with E-state index >= 15 is 0 Å². The van der Waals surface area contributed by atoms with Gasteiger partial charge in [0.2, 0.25) is 0 Å². The predicted molar refractivity (Wildman–Crippen MR) is 72.3 cm³/mol. The number of unbranched alkanes of at least 4 members (excludes halogenated alkanes) is 1. The molecule has 4 nitrogen and oxygen atoms in total. The molecule has 0 aliphatic rings. The molecule has 1 rings (SSSR count). The molecule has 0 saturated carbocycles. The quantitative estimate of drug-likeness (QED) is 0.697. The number of ether oxygens (including phenoxy) is 1. The highest BCUT2D eigenvalue weighted by molar-refractivity contribution is 5.66. The number of carboxylic acids is 1. The Morgan fingerprint density at radius 3 is 2.78 bits per heavy atom. The van der Waals surface area contributed by atoms with Crippen molar-refractivity contribution in [3.05, 3.63) is 23.8 Å². The van der Waals surface area contributed by atoms with Gasteiger partial charge in [-0.3, -0.25) is 4.79 Å². The predicted octanol–water partition coefficient (Wildman–Crippen LogP) is 2.92. The third-order valence-corrected chi connectivity index (χ3v) is 2.81. The van der Waals surface area contributed by atoms with Crippen molar-refractivity contribution in [1.29, 1.82) is 0 Å². The average Bonchev–Trinajstić information content (AvgIpc) is 2.37. The minimum Gasteiger partial charge on any atom is -0.495 e. The number of aryl methyl sites for hydroxylation is 1. The zero-order valence-electron chi connectivity index (χ0n) is 11.0. The van der Waals surface area contributed by atoms with Crippen LogP contribution in [0, 0.1) is 0 Å². The summed E-state index contributed by atoms with van der Waals surface area (Å²) in [6, 6.07) is 6.09. The molecule has 0 saturated heterocycles. The first-order valence-electron chi connectivity index (χ1n) is 6.30. The standard InChI is InChI=1S/C14H21NO3/c1-3-11-7-8-13(18-2)12(10-11)15-9-5-4-6-14(16)17/h7-8,10,15H,3-6,9H2,1-2H3,(H,16,17). The fourth-order valence-corrected chi connectivity index (χ4v) is 1.74. The zero-order valence-corrected chi connectivity index (χ0v) is 11.0. The van der Waals surface area contributed by atoms with Crippen LogP contribution < -0.4 is 10.1 Å². The Morgan fingerprint density at radius 2 is 2.17 bits per heavy atom. The summed E-state index contributed by atoms with van der Waals surface area (Å²) in [5.41, 5.74) is 2.23. The van der Waals surface area contributed by atoms with E-state index < -0.39 is 5.97 Å². The molecule has 0 bridgehead atoms. The molecule has 4 heteroatoms. The van der Waals surface area contributed by atoms with Crippen molar-refractivity contribution in [1.82, 2.24) is 0 Å². The van der Waals surface area contributed by atoms with Crippen LogP contribution in [-0.2, 0) is 11.2 Å². The van der Waals surface area contributed by atoms with E-state index in [1.54, 1.807) is 7.11 Å². The van der Waals surface area contributed by atoms with E-state index in [2.05, 4.69) is 24.4 Å². The highest BCUT2D eigenvalue weighted by Gasteiger charge is 2.03. The number of methoxy groups -OCH3 is 1. The van der Waals surface area contributed by atoms with E-state index in [1.807, 2.05) is 6.07 Å². The summed E-state index contributed by atoms with van der Waals surface area (Å²) >= 11 is 0. The van der Waals surface area contributed by atoms with Gasteiger partial charge in [-0.1, -0.05) is 13.0 Å². The van der Waals surface area contributed by atoms with Gasteiger partial charge < -0.3 is 15.2 Å². The molecule has 1 aromatic rings. The molecule has 0 amide bonds. The molecule has 100 valence electrons. The van der Waals surface area contributed by atoms with E-state index in [-0.39, 0.29) is 6.42 Å². The number of rotatable bonds is 8. The molecule has 0 aliphatic carbocycles. The van der Waals surface area contributed by atoms with Crippen molar-refractivity contribution in [2.45, 2.75) is 32.6 Å². The monoisotopic (exact) mass is 251 g/mol. The zero-order chi connectivity index (χ0) is 13.4. The molecular weight excluding hydrogens is 230 g/mol. The number of carboxylic acid groups (broad SMARTS) is 1. The van der Waals surface area contributed by atoms with Gasteiger partial charge in [0, 0.05) is 13.0 Å². The summed E-state index contributed by atoms with van der Waals surface area (Å²) in [6.07, 6.45) is 2.75. The summed E-state index contributed by atoms with van der Waals surface area (Å²) in [4.78, 5) is 10.4. The molecule has 2 N–H and O–H groups in total. The van der Waals surface area contributed by atoms with Crippen molar-refractivity contribution < 1.29 is 14.6 Å². The van der Waals surface area contributed by atoms with Crippen LogP contribution in [0.15, 0.2) is 18.2 Å². The van der Waals surface area contributed by atoms with E-state index in [0.29, 0.717) is 6.42 Å². The Bertz CT molecular complexity index is 391. The maximum atomic E-state index is 10.4. The van der Waals surface area contributed by atoms with Crippen LogP contribution in [-0.4, -0.2) is 24.7 Å². The summed E-state index contributed by atoms with van der Waals surface area (Å²) in [5.74, 6) is 0.0889. The van der Waals surface area contributed by atoms with Crippen molar-refractivity contribution in [2.75, 3.05) is 19.0 Å². The van der Waals surface area contributed by atoms with Crippen molar-refractivity contribution >= 4 is 11.7 Å². The lowest BCUT2D eigenvalue weighted by Crippen LogP contribution is -2.05. The average molecular weight is 251 g/mol. The highest BCUT2D eigenvalue weighted by atomic mass is 16.5. The van der Waals surface area contributed by atoms with Crippen molar-refractivity contribution in [2.24, 2.45) is 0 Å². The van der Waals surface area contributed by atoms with Crippen LogP contribution >= 0.6 is 0 Å². The maximum absolute atomic E-state index is 10.4. The minimum absolute atomic E-state index is 0.230. The van der Waals surface area contributed by atoms with Crippen LogP contribution in [0.4, 0.5) is 5.69 Å². The third-order valence-electron chi connectivity index (χ3n) is 2.81. The molecule has 0 spiro atoms. The fourth-order valence-electron chi connectivity index (χ4n) is 1.74. The van der Waals surface area contributed by atoms with Gasteiger partial charge in [-0.2, -0.15) is 0 Å². The van der Waals surface area contributed by atoms with Crippen molar-refractivity contribution in [3.63, 3.8) is 0 Å². The molecule has 0 radical (unpaired) electrons. The van der Waals surface area contributed by atoms with Gasteiger partial charge >= 0.3 is 5.97 Å². The molecule has 0 aliphatic heterocycles. The smallest absolute Gasteiger partial charge is 0.303 e. The number of hydrogen-bond acceptors (Lipinski definition) is 3. The number of carbonyl (C=O) groups is 1. The Labute approximate surface area is 108 Å². The lowest BCUT2D eigenvalue weighted by atomic mass is 10.1. The second kappa shape index (κ2) is 7.58. The Hall–Kier alpha value is -1.71. The molecule has 18 heavy (non-hydrogen) atoms. The summed E-state index contributed by atoms with van der Waals surface area (Å²) in [6.45, 7) is 2.87. The van der Waals surface area contributed by atoms with Crippen LogP contribution in [0.3, 0.4) is 0 Å². The molecular formula is C14H21NO3. The lowest BCUT2D eigenvalue weighted by molar-refractivity contribution is -0.137. The Morgan fingerprint density at radius 1 is 1.39 bits per heavy atom. The second-order valence-corrected chi connectivity index (χ2v) is 4.17. The largest absolute Gasteiger partial charge is 0.495 e. The summed E-state index contributed by atoms with van der Waals surface area (Å²) in [5, 5.41) is 11.8. The molecule has 0 atom stereocenters. The SMILES string of the molecule is CCc1ccc(OC)c(NCCCCC(=O)O)c1. The van der Waals surface area contributed by atoms with Gasteiger partial charge in [-0.15, -0.1) is 0 Å². The van der Waals surface area contributed by atoms with Gasteiger partial charge in [0.05, 0.1) is 12.8 Å². The maximum Gasteiger partial charge on any atom is 0.303 e. The molecule has 0 aromatic heterocycles. The van der Waals surface area contributed by atoms with Gasteiger partial charge in [0.25, 0.3) is 0 Å². The highest BCUT2D eigenvalue weighted by Crippen LogP contribution is 2.25. The van der Waals surface area contributed by atoms with Gasteiger partial charge in [0.1, 0.15) is 5.75 Å². The number of anilines is 1. The van der Waals surface area contributed by atoms with Gasteiger partial charge in [-0.05, 0) is 37.0 Å². The van der Waals surface area contributed by atoms with E-state index in [1.165, 1.54) is 5.56 Å². The number of nitrogens with one attached hydrogen (secondary N) is 1. The van der Waals surface area contributed by atoms with Crippen LogP contribution in [0.2, 0.25) is 0 Å². The first kappa shape index (κ1) is 14.4. The van der Waals surface area contributed by atoms with Gasteiger partial charge in [0.15, 0.2) is 0 Å². The normalized spacial score (nSPS) is 10.1. The van der Waals surface area contributed by atoms with E-state index in [4.69, 9.17) is 9.84 Å². The first-order chi connectivity index (χ1) is 8.67. The van der Waals surface area contributed by atoms with E-state index in [0.717, 1.165) is 30.8 Å². The topological polar surface area (TPSA) is 58.6 Å². The number of benzene rings is 1. The van der Waals surface area contributed by atoms with Crippen molar-refractivity contribution in [3.8, 4) is 5.75 Å². The molecule has 0 unspecified atom stereocenters. The van der Waals surface area contributed by atoms with Crippen LogP contribution in [0.5, 0.6) is 5.75 Å². The number of aliphatic carboxylic acids is 1. The Balaban J connectivity index is 2.47. The van der Waals surface area contributed by atoms with Crippen LogP contribution in [0.25, 0.3) is 0 Å². The van der Waals surface area contributed by atoms with Crippen LogP contribution in [0.1, 0.15) is 31.7 Å². The molecule has 1 aromatic carbocycles. The first-order valence-corrected chi connectivity index (χ1v) is 6.30. The van der Waals surface area contributed by atoms with E-state index in [9.17, 15) is 4.79 Å². The Kier molecular flexibility index (Phi) is 6.05. The molecule has 0 heterocycles. The lowest BCUT2D eigenvalue weighted by Gasteiger charge is -2.12. The summed E-state index contributed by atoms with van der Waals surface area (Å²) < 4.78 is 5.28. The molecule has 0 fully saturated rings. The third kappa shape index (κ3) is 4.65. The summed E-state index contributed by atoms with van der Waals surface area (Å²) in [7, 11) is 1.65. The van der Waals surface area contributed by atoms with Gasteiger partial charge in [-0.25, -0.2) is 0 Å². The number of hydrogen-bond donors (Lipinski definition) is 2. The second-order valence-electron chi connectivity index (χ2n) is 4.17. The fraction of sp³-hybridized carbons (Fsp3) is 0.500.